The Bertz CT molecular complexity index is 430. The first-order chi connectivity index (χ1) is 8.27. The molecule has 2 N–H and O–H groups in total. The Morgan fingerprint density at radius 1 is 1.16 bits per heavy atom. The Morgan fingerprint density at radius 2 is 1.63 bits per heavy atom. The van der Waals surface area contributed by atoms with Crippen LogP contribution in [-0.4, -0.2) is 12.1 Å². The lowest BCUT2D eigenvalue weighted by Crippen LogP contribution is -2.43. The molecule has 1 aromatic rings. The summed E-state index contributed by atoms with van der Waals surface area (Å²) in [6, 6.07) is 2.67. The zero-order valence-corrected chi connectivity index (χ0v) is 12.2. The number of ether oxygens (including phenoxy) is 1. The van der Waals surface area contributed by atoms with Crippen molar-refractivity contribution in [2.75, 3.05) is 0 Å². The molecule has 0 atom stereocenters. The molecule has 0 spiro atoms. The van der Waals surface area contributed by atoms with E-state index >= 15 is 0 Å². The molecule has 0 heterocycles. The zero-order valence-electron chi connectivity index (χ0n) is 11.4. The van der Waals surface area contributed by atoms with Crippen LogP contribution in [0, 0.1) is 11.6 Å². The van der Waals surface area contributed by atoms with Crippen LogP contribution in [-0.2, 0) is 5.41 Å². The third-order valence-corrected chi connectivity index (χ3v) is 3.20. The number of benzene rings is 1. The highest BCUT2D eigenvalue weighted by atomic mass is 35.5. The van der Waals surface area contributed by atoms with Crippen molar-refractivity contribution < 1.29 is 13.5 Å². The van der Waals surface area contributed by atoms with Gasteiger partial charge < -0.3 is 10.5 Å². The quantitative estimate of drug-likeness (QED) is 0.904. The number of rotatable bonds is 2. The minimum Gasteiger partial charge on any atom is -0.490 e. The molecule has 1 saturated carbocycles. The maximum absolute atomic E-state index is 13.9. The van der Waals surface area contributed by atoms with Crippen molar-refractivity contribution in [1.82, 2.24) is 0 Å². The van der Waals surface area contributed by atoms with Gasteiger partial charge in [0.25, 0.3) is 0 Å². The third-order valence-electron chi connectivity index (χ3n) is 3.20. The Labute approximate surface area is 118 Å². The van der Waals surface area contributed by atoms with Gasteiger partial charge in [0, 0.05) is 23.7 Å². The lowest BCUT2D eigenvalue weighted by atomic mass is 9.86. The normalized spacial score (nSPS) is 22.4. The molecule has 5 heteroatoms. The molecule has 1 aromatic carbocycles. The maximum Gasteiger partial charge on any atom is 0.133 e. The van der Waals surface area contributed by atoms with Gasteiger partial charge in [-0.3, -0.25) is 0 Å². The summed E-state index contributed by atoms with van der Waals surface area (Å²) >= 11 is 0. The van der Waals surface area contributed by atoms with Crippen LogP contribution in [0.2, 0.25) is 0 Å². The maximum atomic E-state index is 13.9. The molecular formula is C14H20ClF2NO. The van der Waals surface area contributed by atoms with Crippen LogP contribution in [0.4, 0.5) is 8.78 Å². The van der Waals surface area contributed by atoms with Gasteiger partial charge in [0.1, 0.15) is 23.5 Å². The number of hydrogen-bond donors (Lipinski definition) is 1. The van der Waals surface area contributed by atoms with Gasteiger partial charge in [-0.2, -0.15) is 0 Å². The minimum absolute atomic E-state index is 0. The molecule has 0 amide bonds. The molecule has 1 aliphatic carbocycles. The van der Waals surface area contributed by atoms with E-state index in [1.807, 2.05) is 0 Å². The fourth-order valence-electron chi connectivity index (χ4n) is 2.23. The number of nitrogens with two attached hydrogens (primary N) is 1. The fraction of sp³-hybridized carbons (Fsp3) is 0.571. The summed E-state index contributed by atoms with van der Waals surface area (Å²) < 4.78 is 33.3. The van der Waals surface area contributed by atoms with E-state index in [0.717, 1.165) is 12.8 Å². The molecule has 108 valence electrons. The van der Waals surface area contributed by atoms with Crippen LogP contribution in [0.5, 0.6) is 5.75 Å². The van der Waals surface area contributed by atoms with Gasteiger partial charge in [0.05, 0.1) is 0 Å². The Kier molecular flexibility index (Phi) is 4.80. The SMILES string of the molecule is CC(C)(C)c1c(F)cc(O[C@H]2C[C@@H](N)C2)cc1F.Cl. The van der Waals surface area contributed by atoms with Crippen LogP contribution in [0.25, 0.3) is 0 Å². The van der Waals surface area contributed by atoms with Crippen molar-refractivity contribution >= 4 is 12.4 Å². The van der Waals surface area contributed by atoms with Gasteiger partial charge in [-0.15, -0.1) is 12.4 Å². The van der Waals surface area contributed by atoms with E-state index in [9.17, 15) is 8.78 Å². The minimum atomic E-state index is -0.564. The van der Waals surface area contributed by atoms with E-state index in [1.54, 1.807) is 20.8 Å². The molecule has 2 nitrogen and oxygen atoms in total. The lowest BCUT2D eigenvalue weighted by molar-refractivity contribution is 0.1000. The van der Waals surface area contributed by atoms with E-state index in [4.69, 9.17) is 10.5 Å². The van der Waals surface area contributed by atoms with Crippen molar-refractivity contribution in [1.29, 1.82) is 0 Å². The second kappa shape index (κ2) is 5.63. The van der Waals surface area contributed by atoms with Gasteiger partial charge in [-0.1, -0.05) is 20.8 Å². The lowest BCUT2D eigenvalue weighted by Gasteiger charge is -2.32. The van der Waals surface area contributed by atoms with Gasteiger partial charge in [0.15, 0.2) is 0 Å². The van der Waals surface area contributed by atoms with Crippen LogP contribution < -0.4 is 10.5 Å². The molecule has 1 aliphatic rings. The monoisotopic (exact) mass is 291 g/mol. The third kappa shape index (κ3) is 3.57. The standard InChI is InChI=1S/C14H19F2NO.ClH/c1-14(2,3)13-11(15)6-10(7-12(13)16)18-9-4-8(17)5-9;/h6-9H,4-5,17H2,1-3H3;1H/t8-,9+;. The summed E-state index contributed by atoms with van der Waals surface area (Å²) in [4.78, 5) is 0. The summed E-state index contributed by atoms with van der Waals surface area (Å²) in [6.07, 6.45) is 1.47. The summed E-state index contributed by atoms with van der Waals surface area (Å²) in [6.45, 7) is 5.33. The smallest absolute Gasteiger partial charge is 0.133 e. The van der Waals surface area contributed by atoms with Gasteiger partial charge in [-0.25, -0.2) is 8.78 Å². The van der Waals surface area contributed by atoms with Gasteiger partial charge >= 0.3 is 0 Å². The molecule has 0 aliphatic heterocycles. The molecule has 0 saturated heterocycles. The van der Waals surface area contributed by atoms with Crippen LogP contribution in [0.1, 0.15) is 39.2 Å². The van der Waals surface area contributed by atoms with E-state index < -0.39 is 17.0 Å². The molecule has 0 radical (unpaired) electrons. The van der Waals surface area contributed by atoms with Crippen molar-refractivity contribution in [3.8, 4) is 5.75 Å². The van der Waals surface area contributed by atoms with E-state index in [-0.39, 0.29) is 35.9 Å². The molecular weight excluding hydrogens is 272 g/mol. The van der Waals surface area contributed by atoms with Crippen LogP contribution in [0.15, 0.2) is 12.1 Å². The first-order valence-corrected chi connectivity index (χ1v) is 6.19. The molecule has 1 fully saturated rings. The molecule has 2 rings (SSSR count). The van der Waals surface area contributed by atoms with Crippen molar-refractivity contribution in [2.45, 2.75) is 51.2 Å². The van der Waals surface area contributed by atoms with Crippen LogP contribution in [0.3, 0.4) is 0 Å². The number of halogens is 3. The van der Waals surface area contributed by atoms with Gasteiger partial charge in [-0.05, 0) is 18.3 Å². The van der Waals surface area contributed by atoms with Crippen molar-refractivity contribution in [3.05, 3.63) is 29.3 Å². The molecule has 0 aromatic heterocycles. The largest absolute Gasteiger partial charge is 0.490 e. The second-order valence-corrected chi connectivity index (χ2v) is 5.98. The highest BCUT2D eigenvalue weighted by Crippen LogP contribution is 2.32. The summed E-state index contributed by atoms with van der Waals surface area (Å²) in [5.74, 6) is -0.864. The Hall–Kier alpha value is -0.870. The Morgan fingerprint density at radius 3 is 2.00 bits per heavy atom. The highest BCUT2D eigenvalue weighted by Gasteiger charge is 2.29. The van der Waals surface area contributed by atoms with E-state index in [1.165, 1.54) is 12.1 Å². The summed E-state index contributed by atoms with van der Waals surface area (Å²) in [7, 11) is 0. The number of hydrogen-bond acceptors (Lipinski definition) is 2. The van der Waals surface area contributed by atoms with E-state index in [2.05, 4.69) is 0 Å². The van der Waals surface area contributed by atoms with Crippen LogP contribution >= 0.6 is 12.4 Å². The first-order valence-electron chi connectivity index (χ1n) is 6.19. The first kappa shape index (κ1) is 16.2. The van der Waals surface area contributed by atoms with Crippen molar-refractivity contribution in [2.24, 2.45) is 5.73 Å². The second-order valence-electron chi connectivity index (χ2n) is 5.98. The molecule has 0 bridgehead atoms. The van der Waals surface area contributed by atoms with Crippen molar-refractivity contribution in [3.63, 3.8) is 0 Å². The molecule has 0 unspecified atom stereocenters. The zero-order chi connectivity index (χ0) is 13.5. The summed E-state index contributed by atoms with van der Waals surface area (Å²) in [5, 5.41) is 0. The molecule has 19 heavy (non-hydrogen) atoms. The summed E-state index contributed by atoms with van der Waals surface area (Å²) in [5.41, 5.74) is 5.17. The average Bonchev–Trinajstić information content (AvgIpc) is 2.11. The average molecular weight is 292 g/mol. The van der Waals surface area contributed by atoms with Gasteiger partial charge in [0.2, 0.25) is 0 Å². The highest BCUT2D eigenvalue weighted by molar-refractivity contribution is 5.85. The predicted octanol–water partition coefficient (Wildman–Crippen LogP) is 3.55. The van der Waals surface area contributed by atoms with E-state index in [0.29, 0.717) is 0 Å². The predicted molar refractivity (Wildman–Crippen MR) is 73.9 cm³/mol. The topological polar surface area (TPSA) is 35.2 Å². The Balaban J connectivity index is 0.00000180. The fourth-order valence-corrected chi connectivity index (χ4v) is 2.23.